The summed E-state index contributed by atoms with van der Waals surface area (Å²) in [5.41, 5.74) is 4.28. The number of hydrogen-bond donors (Lipinski definition) is 1. The Morgan fingerprint density at radius 1 is 1.14 bits per heavy atom. The number of benzene rings is 1. The number of amides is 1. The van der Waals surface area contributed by atoms with E-state index in [-0.39, 0.29) is 11.9 Å². The van der Waals surface area contributed by atoms with Crippen LogP contribution in [0, 0.1) is 20.8 Å². The Morgan fingerprint density at radius 3 is 2.57 bits per heavy atom. The van der Waals surface area contributed by atoms with Gasteiger partial charge >= 0.3 is 0 Å². The standard InChI is InChI=1S/C22H22N4O2/c1-13-11-14(2)26(25-13)20-10-9-17(12-23-20)22(27)24-16(4)21-15(3)18-7-5-6-8-19(18)28-21/h5-12,16H,1-4H3,(H,24,27). The molecule has 0 bridgehead atoms. The first kappa shape index (κ1) is 18.0. The summed E-state index contributed by atoms with van der Waals surface area (Å²) in [5.74, 6) is 1.25. The number of carbonyl (C=O) groups is 1. The third kappa shape index (κ3) is 3.17. The van der Waals surface area contributed by atoms with Crippen LogP contribution in [0.1, 0.15) is 46.0 Å². The number of para-hydroxylation sites is 1. The lowest BCUT2D eigenvalue weighted by Gasteiger charge is -2.13. The first-order valence-corrected chi connectivity index (χ1v) is 9.22. The van der Waals surface area contributed by atoms with Gasteiger partial charge < -0.3 is 9.73 Å². The van der Waals surface area contributed by atoms with Crippen LogP contribution in [-0.4, -0.2) is 20.7 Å². The molecule has 3 heterocycles. The van der Waals surface area contributed by atoms with Gasteiger partial charge in [0.1, 0.15) is 11.3 Å². The molecule has 0 aliphatic heterocycles. The van der Waals surface area contributed by atoms with Crippen molar-refractivity contribution in [2.45, 2.75) is 33.7 Å². The Labute approximate surface area is 163 Å². The van der Waals surface area contributed by atoms with E-state index in [1.165, 1.54) is 0 Å². The number of nitrogens with one attached hydrogen (secondary N) is 1. The van der Waals surface area contributed by atoms with Crippen LogP contribution >= 0.6 is 0 Å². The van der Waals surface area contributed by atoms with Gasteiger partial charge in [-0.25, -0.2) is 9.67 Å². The highest BCUT2D eigenvalue weighted by molar-refractivity contribution is 5.94. The van der Waals surface area contributed by atoms with E-state index in [2.05, 4.69) is 15.4 Å². The Morgan fingerprint density at radius 2 is 1.93 bits per heavy atom. The zero-order chi connectivity index (χ0) is 19.8. The van der Waals surface area contributed by atoms with Crippen molar-refractivity contribution in [3.63, 3.8) is 0 Å². The Hall–Kier alpha value is -3.41. The molecule has 0 radical (unpaired) electrons. The van der Waals surface area contributed by atoms with E-state index in [0.717, 1.165) is 33.7 Å². The van der Waals surface area contributed by atoms with Gasteiger partial charge in [-0.3, -0.25) is 4.79 Å². The molecule has 1 N–H and O–H groups in total. The molecule has 6 nitrogen and oxygen atoms in total. The van der Waals surface area contributed by atoms with Gasteiger partial charge in [0.05, 0.1) is 17.3 Å². The second-order valence-corrected chi connectivity index (χ2v) is 7.03. The highest BCUT2D eigenvalue weighted by atomic mass is 16.3. The summed E-state index contributed by atoms with van der Waals surface area (Å²) in [5, 5.41) is 8.47. The number of aromatic nitrogens is 3. The average molecular weight is 374 g/mol. The lowest BCUT2D eigenvalue weighted by Crippen LogP contribution is -2.27. The summed E-state index contributed by atoms with van der Waals surface area (Å²) in [4.78, 5) is 17.1. The maximum atomic E-state index is 12.7. The Balaban J connectivity index is 1.53. The van der Waals surface area contributed by atoms with Crippen LogP contribution in [0.15, 0.2) is 53.1 Å². The predicted molar refractivity (Wildman–Crippen MR) is 108 cm³/mol. The summed E-state index contributed by atoms with van der Waals surface area (Å²) in [7, 11) is 0. The minimum Gasteiger partial charge on any atom is -0.459 e. The van der Waals surface area contributed by atoms with Crippen molar-refractivity contribution in [3.8, 4) is 5.82 Å². The average Bonchev–Trinajstić information content (AvgIpc) is 3.21. The molecule has 6 heteroatoms. The molecule has 142 valence electrons. The van der Waals surface area contributed by atoms with Crippen molar-refractivity contribution in [2.75, 3.05) is 0 Å². The van der Waals surface area contributed by atoms with Crippen molar-refractivity contribution in [1.82, 2.24) is 20.1 Å². The van der Waals surface area contributed by atoms with Crippen molar-refractivity contribution < 1.29 is 9.21 Å². The fraction of sp³-hybridized carbons (Fsp3) is 0.227. The van der Waals surface area contributed by atoms with Gasteiger partial charge in [-0.05, 0) is 52.0 Å². The highest BCUT2D eigenvalue weighted by Gasteiger charge is 2.19. The second kappa shape index (κ2) is 6.96. The Bertz CT molecular complexity index is 1160. The fourth-order valence-corrected chi connectivity index (χ4v) is 3.46. The molecular weight excluding hydrogens is 352 g/mol. The molecule has 0 spiro atoms. The number of nitrogens with zero attached hydrogens (tertiary/aromatic N) is 3. The number of hydrogen-bond acceptors (Lipinski definition) is 4. The summed E-state index contributed by atoms with van der Waals surface area (Å²) >= 11 is 0. The van der Waals surface area contributed by atoms with Crippen LogP contribution in [0.25, 0.3) is 16.8 Å². The van der Waals surface area contributed by atoms with Gasteiger partial charge in [-0.15, -0.1) is 0 Å². The van der Waals surface area contributed by atoms with Gasteiger partial charge in [-0.1, -0.05) is 18.2 Å². The van der Waals surface area contributed by atoms with Crippen molar-refractivity contribution >= 4 is 16.9 Å². The van der Waals surface area contributed by atoms with E-state index < -0.39 is 0 Å². The van der Waals surface area contributed by atoms with E-state index in [1.54, 1.807) is 23.0 Å². The van der Waals surface area contributed by atoms with Crippen LogP contribution in [0.4, 0.5) is 0 Å². The molecule has 0 aliphatic rings. The first-order chi connectivity index (χ1) is 13.4. The number of furan rings is 1. The molecule has 4 rings (SSSR count). The fourth-order valence-electron chi connectivity index (χ4n) is 3.46. The number of fused-ring (bicyclic) bond motifs is 1. The number of pyridine rings is 1. The first-order valence-electron chi connectivity index (χ1n) is 9.22. The molecule has 3 aromatic heterocycles. The zero-order valence-electron chi connectivity index (χ0n) is 16.4. The maximum Gasteiger partial charge on any atom is 0.253 e. The minimum atomic E-state index is -0.254. The van der Waals surface area contributed by atoms with Crippen LogP contribution < -0.4 is 5.32 Å². The summed E-state index contributed by atoms with van der Waals surface area (Å²) in [6.45, 7) is 7.83. The van der Waals surface area contributed by atoms with E-state index in [1.807, 2.05) is 58.0 Å². The summed E-state index contributed by atoms with van der Waals surface area (Å²) in [6.07, 6.45) is 1.57. The SMILES string of the molecule is Cc1cc(C)n(-c2ccc(C(=O)NC(C)c3oc4ccccc4c3C)cn2)n1. The molecule has 0 saturated heterocycles. The number of aryl methyl sites for hydroxylation is 3. The second-order valence-electron chi connectivity index (χ2n) is 7.03. The summed E-state index contributed by atoms with van der Waals surface area (Å²) in [6, 6.07) is 13.2. The van der Waals surface area contributed by atoms with E-state index in [0.29, 0.717) is 11.4 Å². The van der Waals surface area contributed by atoms with Gasteiger partial charge in [-0.2, -0.15) is 5.10 Å². The van der Waals surface area contributed by atoms with Gasteiger partial charge in [0.25, 0.3) is 5.91 Å². The van der Waals surface area contributed by atoms with Crippen LogP contribution in [0.3, 0.4) is 0 Å². The maximum absolute atomic E-state index is 12.7. The van der Waals surface area contributed by atoms with Crippen LogP contribution in [0.5, 0.6) is 0 Å². The van der Waals surface area contributed by atoms with Gasteiger partial charge in [0, 0.05) is 22.8 Å². The van der Waals surface area contributed by atoms with E-state index in [9.17, 15) is 4.79 Å². The third-order valence-corrected chi connectivity index (χ3v) is 4.86. The molecule has 1 atom stereocenters. The molecule has 28 heavy (non-hydrogen) atoms. The molecule has 0 saturated carbocycles. The lowest BCUT2D eigenvalue weighted by atomic mass is 10.1. The molecule has 1 aromatic carbocycles. The number of rotatable bonds is 4. The van der Waals surface area contributed by atoms with Crippen LogP contribution in [0.2, 0.25) is 0 Å². The zero-order valence-corrected chi connectivity index (χ0v) is 16.4. The summed E-state index contributed by atoms with van der Waals surface area (Å²) < 4.78 is 7.71. The topological polar surface area (TPSA) is 73.0 Å². The van der Waals surface area contributed by atoms with Crippen molar-refractivity contribution in [1.29, 1.82) is 0 Å². The largest absolute Gasteiger partial charge is 0.459 e. The van der Waals surface area contributed by atoms with Crippen molar-refractivity contribution in [3.05, 3.63) is 76.9 Å². The van der Waals surface area contributed by atoms with E-state index in [4.69, 9.17) is 4.42 Å². The molecule has 0 aliphatic carbocycles. The van der Waals surface area contributed by atoms with Crippen LogP contribution in [-0.2, 0) is 0 Å². The molecule has 0 fully saturated rings. The molecule has 4 aromatic rings. The predicted octanol–water partition coefficient (Wildman–Crippen LogP) is 4.43. The third-order valence-electron chi connectivity index (χ3n) is 4.86. The molecule has 1 unspecified atom stereocenters. The monoisotopic (exact) mass is 374 g/mol. The van der Waals surface area contributed by atoms with E-state index >= 15 is 0 Å². The van der Waals surface area contributed by atoms with Gasteiger partial charge in [0.15, 0.2) is 5.82 Å². The number of carbonyl (C=O) groups excluding carboxylic acids is 1. The quantitative estimate of drug-likeness (QED) is 0.573. The van der Waals surface area contributed by atoms with Gasteiger partial charge in [0.2, 0.25) is 0 Å². The molecule has 1 amide bonds. The smallest absolute Gasteiger partial charge is 0.253 e. The normalized spacial score (nSPS) is 12.3. The molecular formula is C22H22N4O2. The minimum absolute atomic E-state index is 0.195. The highest BCUT2D eigenvalue weighted by Crippen LogP contribution is 2.29. The van der Waals surface area contributed by atoms with Crippen molar-refractivity contribution in [2.24, 2.45) is 0 Å². The Kier molecular flexibility index (Phi) is 4.47. The lowest BCUT2D eigenvalue weighted by molar-refractivity contribution is 0.0935.